The Morgan fingerprint density at radius 3 is 1.35 bits per heavy atom. The highest BCUT2D eigenvalue weighted by molar-refractivity contribution is 6.28. The number of H-pyrrole nitrogens is 2. The van der Waals surface area contributed by atoms with Gasteiger partial charge in [-0.2, -0.15) is 0 Å². The van der Waals surface area contributed by atoms with E-state index in [9.17, 15) is 28.8 Å². The minimum absolute atomic E-state index is 0.0153. The summed E-state index contributed by atoms with van der Waals surface area (Å²) in [5.41, 5.74) is -3.03. The van der Waals surface area contributed by atoms with Crippen LogP contribution in [0.4, 0.5) is 0 Å². The number of nitrogens with one attached hydrogen (secondary N) is 2. The van der Waals surface area contributed by atoms with Crippen molar-refractivity contribution >= 4 is 23.5 Å². The zero-order valence-corrected chi connectivity index (χ0v) is 19.5. The summed E-state index contributed by atoms with van der Waals surface area (Å²) >= 11 is 0. The first-order valence-electron chi connectivity index (χ1n) is 11.2. The molecular weight excluding hydrogens is 444 g/mol. The van der Waals surface area contributed by atoms with E-state index in [0.29, 0.717) is 12.8 Å². The molecule has 1 aliphatic rings. The zero-order chi connectivity index (χ0) is 25.2. The van der Waals surface area contributed by atoms with E-state index in [1.54, 1.807) is 27.7 Å². The van der Waals surface area contributed by atoms with E-state index >= 15 is 0 Å². The van der Waals surface area contributed by atoms with Gasteiger partial charge in [-0.25, -0.2) is 9.59 Å². The summed E-state index contributed by atoms with van der Waals surface area (Å²) in [5.74, 6) is -3.24. The molecule has 0 fully saturated rings. The maximum absolute atomic E-state index is 13.8. The molecule has 0 atom stereocenters. The van der Waals surface area contributed by atoms with Gasteiger partial charge in [-0.15, -0.1) is 0 Å². The summed E-state index contributed by atoms with van der Waals surface area (Å²) in [6, 6.07) is 0. The van der Waals surface area contributed by atoms with E-state index in [1.165, 1.54) is 0 Å². The van der Waals surface area contributed by atoms with Crippen molar-refractivity contribution in [3.8, 4) is 0 Å². The predicted octanol–water partition coefficient (Wildman–Crippen LogP) is 2.10. The standard InChI is InChI=1S/C24H26N2O8/c1-5-9-11-13-17(25-21(29)15(11)23(31)33-7-3)20(28)18-14(19(13)27)12(10-6-2)16(22(30)26-18)24(32)34-8-4/h5-10H2,1-4H3,(H,25,29)(H,26,30). The smallest absolute Gasteiger partial charge is 0.344 e. The fourth-order valence-corrected chi connectivity index (χ4v) is 4.23. The molecule has 0 bridgehead atoms. The number of hydrogen-bond acceptors (Lipinski definition) is 8. The van der Waals surface area contributed by atoms with Crippen molar-refractivity contribution in [1.29, 1.82) is 0 Å². The fourth-order valence-electron chi connectivity index (χ4n) is 4.23. The number of rotatable bonds is 8. The van der Waals surface area contributed by atoms with E-state index < -0.39 is 34.6 Å². The lowest BCUT2D eigenvalue weighted by Gasteiger charge is -2.24. The molecule has 0 aromatic carbocycles. The van der Waals surface area contributed by atoms with Crippen molar-refractivity contribution in [2.24, 2.45) is 0 Å². The van der Waals surface area contributed by atoms with Crippen LogP contribution in [0.15, 0.2) is 9.59 Å². The lowest BCUT2D eigenvalue weighted by Crippen LogP contribution is -2.37. The highest BCUT2D eigenvalue weighted by Gasteiger charge is 2.39. The summed E-state index contributed by atoms with van der Waals surface area (Å²) in [6.07, 6.45) is 1.26. The Morgan fingerprint density at radius 2 is 1.03 bits per heavy atom. The van der Waals surface area contributed by atoms with Gasteiger partial charge in [0, 0.05) is 0 Å². The first kappa shape index (κ1) is 24.8. The molecule has 2 heterocycles. The Kier molecular flexibility index (Phi) is 7.29. The average Bonchev–Trinajstić information content (AvgIpc) is 2.77. The monoisotopic (exact) mass is 470 g/mol. The first-order chi connectivity index (χ1) is 16.2. The van der Waals surface area contributed by atoms with Gasteiger partial charge in [0.05, 0.1) is 24.3 Å². The van der Waals surface area contributed by atoms with Gasteiger partial charge in [-0.05, 0) is 37.8 Å². The van der Waals surface area contributed by atoms with Crippen LogP contribution in [0.1, 0.15) is 104 Å². The Labute approximate surface area is 194 Å². The van der Waals surface area contributed by atoms with Crippen LogP contribution in [0.3, 0.4) is 0 Å². The van der Waals surface area contributed by atoms with Gasteiger partial charge in [-0.1, -0.05) is 26.7 Å². The summed E-state index contributed by atoms with van der Waals surface area (Å²) in [5, 5.41) is 0. The quantitative estimate of drug-likeness (QED) is 0.475. The second-order valence-electron chi connectivity index (χ2n) is 7.71. The highest BCUT2D eigenvalue weighted by Crippen LogP contribution is 2.32. The number of aromatic nitrogens is 2. The summed E-state index contributed by atoms with van der Waals surface area (Å²) < 4.78 is 10.0. The number of ether oxygens (including phenoxy) is 2. The third-order valence-electron chi connectivity index (χ3n) is 5.51. The summed E-state index contributed by atoms with van der Waals surface area (Å²) in [4.78, 5) is 82.5. The van der Waals surface area contributed by atoms with Gasteiger partial charge in [0.1, 0.15) is 22.5 Å². The number of hydrogen-bond donors (Lipinski definition) is 2. The number of fused-ring (bicyclic) bond motifs is 2. The van der Waals surface area contributed by atoms with Crippen molar-refractivity contribution in [2.45, 2.75) is 53.4 Å². The van der Waals surface area contributed by atoms with Gasteiger partial charge < -0.3 is 19.4 Å². The Bertz CT molecular complexity index is 1220. The fraction of sp³-hybridized carbons (Fsp3) is 0.417. The van der Waals surface area contributed by atoms with Gasteiger partial charge in [0.15, 0.2) is 5.78 Å². The van der Waals surface area contributed by atoms with Crippen LogP contribution in [0, 0.1) is 0 Å². The van der Waals surface area contributed by atoms with Gasteiger partial charge in [0.25, 0.3) is 11.1 Å². The molecule has 3 rings (SSSR count). The van der Waals surface area contributed by atoms with Crippen molar-refractivity contribution in [1.82, 2.24) is 9.97 Å². The topological polar surface area (TPSA) is 152 Å². The Morgan fingerprint density at radius 1 is 0.647 bits per heavy atom. The molecular formula is C24H26N2O8. The van der Waals surface area contributed by atoms with Crippen LogP contribution in [-0.4, -0.2) is 46.7 Å². The second-order valence-corrected chi connectivity index (χ2v) is 7.71. The van der Waals surface area contributed by atoms with E-state index in [2.05, 4.69) is 9.97 Å². The minimum atomic E-state index is -0.900. The molecule has 0 radical (unpaired) electrons. The SMILES string of the molecule is CCCc1c2c([nH]c(=O)c1C(=O)OCC)C(=O)c1[nH]c(=O)c(C(=O)OCC)c(CCC)c1C2=O. The minimum Gasteiger partial charge on any atom is -0.462 e. The molecule has 2 N–H and O–H groups in total. The molecule has 0 saturated heterocycles. The molecule has 0 unspecified atom stereocenters. The van der Waals surface area contributed by atoms with Crippen LogP contribution < -0.4 is 11.1 Å². The number of aromatic amines is 2. The Hall–Kier alpha value is -3.82. The lowest BCUT2D eigenvalue weighted by molar-refractivity contribution is 0.0513. The first-order valence-corrected chi connectivity index (χ1v) is 11.2. The van der Waals surface area contributed by atoms with Crippen molar-refractivity contribution < 1.29 is 28.7 Å². The zero-order valence-electron chi connectivity index (χ0n) is 19.5. The van der Waals surface area contributed by atoms with Crippen LogP contribution >= 0.6 is 0 Å². The maximum Gasteiger partial charge on any atom is 0.344 e. The molecule has 0 spiro atoms. The van der Waals surface area contributed by atoms with Crippen LogP contribution in [-0.2, 0) is 22.3 Å². The lowest BCUT2D eigenvalue weighted by atomic mass is 9.81. The number of pyridine rings is 2. The number of carbonyl (C=O) groups is 4. The molecule has 10 heteroatoms. The van der Waals surface area contributed by atoms with Crippen molar-refractivity contribution in [3.63, 3.8) is 0 Å². The van der Waals surface area contributed by atoms with E-state index in [1.807, 2.05) is 0 Å². The third kappa shape index (κ3) is 4.00. The molecule has 0 saturated carbocycles. The number of carbonyl (C=O) groups excluding carboxylic acids is 4. The maximum atomic E-state index is 13.8. The molecule has 34 heavy (non-hydrogen) atoms. The molecule has 180 valence electrons. The molecule has 0 aliphatic heterocycles. The third-order valence-corrected chi connectivity index (χ3v) is 5.51. The van der Waals surface area contributed by atoms with Crippen LogP contribution in [0.2, 0.25) is 0 Å². The van der Waals surface area contributed by atoms with E-state index in [-0.39, 0.29) is 70.8 Å². The number of ketones is 2. The normalized spacial score (nSPS) is 12.2. The predicted molar refractivity (Wildman–Crippen MR) is 121 cm³/mol. The highest BCUT2D eigenvalue weighted by atomic mass is 16.5. The molecule has 2 aromatic heterocycles. The van der Waals surface area contributed by atoms with Crippen molar-refractivity contribution in [2.75, 3.05) is 13.2 Å². The second kappa shape index (κ2) is 9.98. The van der Waals surface area contributed by atoms with Crippen LogP contribution in [0.5, 0.6) is 0 Å². The Balaban J connectivity index is 2.42. The van der Waals surface area contributed by atoms with Gasteiger partial charge in [0.2, 0.25) is 5.78 Å². The average molecular weight is 470 g/mol. The summed E-state index contributed by atoms with van der Waals surface area (Å²) in [7, 11) is 0. The van der Waals surface area contributed by atoms with E-state index in [0.717, 1.165) is 0 Å². The van der Waals surface area contributed by atoms with Crippen molar-refractivity contribution in [3.05, 3.63) is 65.5 Å². The molecule has 1 aliphatic carbocycles. The van der Waals surface area contributed by atoms with Gasteiger partial charge in [-0.3, -0.25) is 19.2 Å². The molecule has 10 nitrogen and oxygen atoms in total. The van der Waals surface area contributed by atoms with E-state index in [4.69, 9.17) is 9.47 Å². The van der Waals surface area contributed by atoms with Crippen LogP contribution in [0.25, 0.3) is 0 Å². The van der Waals surface area contributed by atoms with Gasteiger partial charge >= 0.3 is 11.9 Å². The molecule has 0 amide bonds. The number of esters is 2. The molecule has 2 aromatic rings. The summed E-state index contributed by atoms with van der Waals surface area (Å²) in [6.45, 7) is 6.79. The largest absolute Gasteiger partial charge is 0.462 e.